The van der Waals surface area contributed by atoms with Crippen molar-refractivity contribution in [3.63, 3.8) is 0 Å². The molecule has 7 rings (SSSR count). The first kappa shape index (κ1) is 17.7. The summed E-state index contributed by atoms with van der Waals surface area (Å²) < 4.78 is 8.09. The molecule has 1 fully saturated rings. The van der Waals surface area contributed by atoms with Crippen LogP contribution in [-0.4, -0.2) is 46.8 Å². The lowest BCUT2D eigenvalue weighted by Gasteiger charge is -2.34. The third-order valence-electron chi connectivity index (χ3n) is 6.31. The predicted molar refractivity (Wildman–Crippen MR) is 120 cm³/mol. The van der Waals surface area contributed by atoms with Crippen LogP contribution in [0.3, 0.4) is 0 Å². The number of ether oxygens (including phenoxy) is 1. The Balaban J connectivity index is 1.52. The molecule has 0 amide bonds. The average Bonchev–Trinajstić information content (AvgIpc) is 3.21. The smallest absolute Gasteiger partial charge is 0.139 e. The number of piperidine rings is 1. The number of rotatable bonds is 0. The number of benzene rings is 2. The number of imidazole rings is 1. The first-order chi connectivity index (χ1) is 14.8. The molecule has 0 radical (unpaired) electrons. The number of fused-ring (bicyclic) bond motifs is 6. The van der Waals surface area contributed by atoms with Gasteiger partial charge in [-0.15, -0.1) is 0 Å². The van der Waals surface area contributed by atoms with E-state index in [0.717, 1.165) is 67.0 Å². The topological polar surface area (TPSA) is 55.2 Å². The van der Waals surface area contributed by atoms with Crippen molar-refractivity contribution >= 4 is 27.6 Å². The largest absolute Gasteiger partial charge is 0.493 e. The van der Waals surface area contributed by atoms with Gasteiger partial charge in [0.2, 0.25) is 0 Å². The molecule has 1 saturated heterocycles. The van der Waals surface area contributed by atoms with Crippen LogP contribution in [0.1, 0.15) is 19.3 Å². The molecule has 3 aliphatic rings. The molecule has 0 spiro atoms. The maximum atomic E-state index is 6.03. The number of anilines is 1. The van der Waals surface area contributed by atoms with Gasteiger partial charge in [-0.25, -0.2) is 9.97 Å². The molecule has 0 aliphatic carbocycles. The lowest BCUT2D eigenvalue weighted by molar-refractivity contribution is 0.301. The van der Waals surface area contributed by atoms with Crippen LogP contribution in [0.2, 0.25) is 0 Å². The second-order valence-corrected chi connectivity index (χ2v) is 8.20. The van der Waals surface area contributed by atoms with Crippen molar-refractivity contribution in [2.45, 2.75) is 25.3 Å². The molecule has 2 aromatic heterocycles. The van der Waals surface area contributed by atoms with E-state index in [2.05, 4.69) is 56.2 Å². The summed E-state index contributed by atoms with van der Waals surface area (Å²) in [5.74, 6) is 1.76. The Labute approximate surface area is 175 Å². The lowest BCUT2D eigenvalue weighted by atomic mass is 10.0. The summed E-state index contributed by atoms with van der Waals surface area (Å²) in [5, 5.41) is 4.88. The second kappa shape index (κ2) is 7.29. The van der Waals surface area contributed by atoms with Crippen LogP contribution < -0.4 is 15.0 Å². The fraction of sp³-hybridized carbons (Fsp3) is 0.333. The molecule has 3 aliphatic heterocycles. The van der Waals surface area contributed by atoms with E-state index < -0.39 is 0 Å². The van der Waals surface area contributed by atoms with Crippen molar-refractivity contribution in [2.75, 3.05) is 31.1 Å². The molecule has 0 unspecified atom stereocenters. The molecule has 1 N–H and O–H groups in total. The summed E-state index contributed by atoms with van der Waals surface area (Å²) in [5.41, 5.74) is 4.24. The number of pyridine rings is 1. The van der Waals surface area contributed by atoms with Gasteiger partial charge in [0, 0.05) is 30.6 Å². The fourth-order valence-corrected chi connectivity index (χ4v) is 4.66. The van der Waals surface area contributed by atoms with Gasteiger partial charge in [-0.3, -0.25) is 4.57 Å². The number of para-hydroxylation sites is 1. The van der Waals surface area contributed by atoms with Gasteiger partial charge < -0.3 is 15.0 Å². The van der Waals surface area contributed by atoms with E-state index in [-0.39, 0.29) is 0 Å². The zero-order valence-electron chi connectivity index (χ0n) is 16.9. The van der Waals surface area contributed by atoms with E-state index in [9.17, 15) is 0 Å². The lowest BCUT2D eigenvalue weighted by Crippen LogP contribution is -2.43. The minimum Gasteiger partial charge on any atom is -0.493 e. The Morgan fingerprint density at radius 3 is 2.90 bits per heavy atom. The Kier molecular flexibility index (Phi) is 4.30. The van der Waals surface area contributed by atoms with Crippen molar-refractivity contribution < 1.29 is 4.74 Å². The summed E-state index contributed by atoms with van der Waals surface area (Å²) >= 11 is 0. The van der Waals surface area contributed by atoms with Crippen molar-refractivity contribution in [1.29, 1.82) is 0 Å². The number of hydrogen-bond acceptors (Lipinski definition) is 5. The number of nitrogens with one attached hydrogen (secondary N) is 1. The predicted octanol–water partition coefficient (Wildman–Crippen LogP) is 3.91. The van der Waals surface area contributed by atoms with Crippen molar-refractivity contribution in [2.24, 2.45) is 0 Å². The summed E-state index contributed by atoms with van der Waals surface area (Å²) in [6, 6.07) is 17.4. The Bertz CT molecular complexity index is 1210. The molecule has 6 bridgehead atoms. The molecular weight excluding hydrogens is 374 g/mol. The number of nitrogens with zero attached hydrogens (tertiary/aromatic N) is 4. The van der Waals surface area contributed by atoms with Gasteiger partial charge in [-0.05, 0) is 56.1 Å². The van der Waals surface area contributed by atoms with Gasteiger partial charge >= 0.3 is 0 Å². The summed E-state index contributed by atoms with van der Waals surface area (Å²) in [6.07, 6.45) is 5.16. The van der Waals surface area contributed by atoms with Crippen LogP contribution in [0.4, 0.5) is 5.69 Å². The van der Waals surface area contributed by atoms with E-state index in [1.165, 1.54) is 11.1 Å². The molecular formula is C24H25N5O. The van der Waals surface area contributed by atoms with Crippen molar-refractivity contribution in [3.05, 3.63) is 54.9 Å². The zero-order chi connectivity index (χ0) is 19.9. The highest BCUT2D eigenvalue weighted by Gasteiger charge is 2.21. The van der Waals surface area contributed by atoms with Gasteiger partial charge in [-0.2, -0.15) is 0 Å². The molecule has 6 heteroatoms. The van der Waals surface area contributed by atoms with Crippen LogP contribution >= 0.6 is 0 Å². The first-order valence-electron chi connectivity index (χ1n) is 10.8. The zero-order valence-corrected chi connectivity index (χ0v) is 16.9. The van der Waals surface area contributed by atoms with Gasteiger partial charge in [-0.1, -0.05) is 12.1 Å². The second-order valence-electron chi connectivity index (χ2n) is 8.20. The van der Waals surface area contributed by atoms with E-state index in [1.54, 1.807) is 0 Å². The van der Waals surface area contributed by atoms with Crippen LogP contribution in [0, 0.1) is 0 Å². The quantitative estimate of drug-likeness (QED) is 0.486. The highest BCUT2D eigenvalue weighted by molar-refractivity contribution is 5.92. The summed E-state index contributed by atoms with van der Waals surface area (Å²) in [7, 11) is 0. The maximum absolute atomic E-state index is 6.03. The molecule has 2 aromatic carbocycles. The third-order valence-corrected chi connectivity index (χ3v) is 6.31. The fourth-order valence-electron chi connectivity index (χ4n) is 4.66. The Morgan fingerprint density at radius 1 is 1.03 bits per heavy atom. The van der Waals surface area contributed by atoms with Crippen molar-refractivity contribution in [1.82, 2.24) is 19.9 Å². The standard InChI is InChI=1S/C24H25N5O/c1-3-17-5-8-23-27-24(17)21(4-1)28-12-9-18(10-13-28)25-11-2-14-30-19-6-7-20-22(15-19)29(23)16-26-20/h1,3-8,15-16,18,25H,2,9-14H2. The third kappa shape index (κ3) is 3.08. The van der Waals surface area contributed by atoms with Gasteiger partial charge in [0.05, 0.1) is 28.8 Å². The van der Waals surface area contributed by atoms with Crippen LogP contribution in [0.5, 0.6) is 5.75 Å². The van der Waals surface area contributed by atoms with E-state index >= 15 is 0 Å². The SMILES string of the molecule is c1cc2c3nc(ccc3c1)-n1cnc3ccc(cc31)OCCCNC1CCN2CC1. The molecule has 0 saturated carbocycles. The highest BCUT2D eigenvalue weighted by Crippen LogP contribution is 2.30. The van der Waals surface area contributed by atoms with Crippen molar-refractivity contribution in [3.8, 4) is 11.6 Å². The molecule has 6 nitrogen and oxygen atoms in total. The van der Waals surface area contributed by atoms with Gasteiger partial charge in [0.1, 0.15) is 17.9 Å². The Hall–Kier alpha value is -3.12. The molecule has 30 heavy (non-hydrogen) atoms. The normalized spacial score (nSPS) is 17.7. The number of hydrogen-bond donors (Lipinski definition) is 1. The van der Waals surface area contributed by atoms with Crippen LogP contribution in [0.15, 0.2) is 54.9 Å². The minimum absolute atomic E-state index is 0.582. The van der Waals surface area contributed by atoms with Crippen LogP contribution in [-0.2, 0) is 0 Å². The monoisotopic (exact) mass is 399 g/mol. The van der Waals surface area contributed by atoms with Gasteiger partial charge in [0.25, 0.3) is 0 Å². The Morgan fingerprint density at radius 2 is 1.97 bits per heavy atom. The summed E-state index contributed by atoms with van der Waals surface area (Å²) in [4.78, 5) is 12.2. The van der Waals surface area contributed by atoms with E-state index in [1.807, 2.05) is 18.5 Å². The first-order valence-corrected chi connectivity index (χ1v) is 10.8. The minimum atomic E-state index is 0.582. The van der Waals surface area contributed by atoms with Gasteiger partial charge in [0.15, 0.2) is 0 Å². The molecule has 4 aromatic rings. The van der Waals surface area contributed by atoms with E-state index in [4.69, 9.17) is 9.72 Å². The van der Waals surface area contributed by atoms with E-state index in [0.29, 0.717) is 12.6 Å². The number of aromatic nitrogens is 3. The highest BCUT2D eigenvalue weighted by atomic mass is 16.5. The molecule has 0 atom stereocenters. The average molecular weight is 399 g/mol. The maximum Gasteiger partial charge on any atom is 0.139 e. The summed E-state index contributed by atoms with van der Waals surface area (Å²) in [6.45, 7) is 3.80. The van der Waals surface area contributed by atoms with Crippen LogP contribution in [0.25, 0.3) is 27.8 Å². The molecule has 5 heterocycles. The molecule has 152 valence electrons.